The van der Waals surface area contributed by atoms with Gasteiger partial charge in [-0.1, -0.05) is 18.2 Å². The summed E-state index contributed by atoms with van der Waals surface area (Å²) >= 11 is 0. The fraction of sp³-hybridized carbons (Fsp3) is 0.235. The zero-order valence-corrected chi connectivity index (χ0v) is 11.9. The van der Waals surface area contributed by atoms with Gasteiger partial charge in [-0.15, -0.1) is 0 Å². The van der Waals surface area contributed by atoms with Crippen LogP contribution in [0.2, 0.25) is 0 Å². The molecule has 0 saturated heterocycles. The number of amides is 1. The molecule has 0 atom stereocenters. The van der Waals surface area contributed by atoms with Gasteiger partial charge in [0.05, 0.1) is 6.54 Å². The number of fused-ring (bicyclic) bond motifs is 1. The summed E-state index contributed by atoms with van der Waals surface area (Å²) in [6.45, 7) is 1.27. The number of carbonyl (C=O) groups excluding carboxylic acids is 1. The molecule has 0 unspecified atom stereocenters. The van der Waals surface area contributed by atoms with Crippen LogP contribution in [0.1, 0.15) is 12.0 Å². The third kappa shape index (κ3) is 3.16. The van der Waals surface area contributed by atoms with Gasteiger partial charge in [-0.25, -0.2) is 0 Å². The smallest absolute Gasteiger partial charge is 0.243 e. The Morgan fingerprint density at radius 3 is 2.81 bits per heavy atom. The van der Waals surface area contributed by atoms with Crippen molar-refractivity contribution in [3.05, 3.63) is 54.1 Å². The zero-order chi connectivity index (χ0) is 14.7. The largest absolute Gasteiger partial charge is 0.399 e. The molecule has 21 heavy (non-hydrogen) atoms. The molecular formula is C17H19N3O. The molecule has 0 aliphatic carbocycles. The summed E-state index contributed by atoms with van der Waals surface area (Å²) < 4.78 is 0. The molecule has 3 N–H and O–H groups in total. The van der Waals surface area contributed by atoms with Gasteiger partial charge in [-0.2, -0.15) is 0 Å². The summed E-state index contributed by atoms with van der Waals surface area (Å²) in [6.07, 6.45) is 2.08. The van der Waals surface area contributed by atoms with E-state index in [0.717, 1.165) is 36.4 Å². The maximum Gasteiger partial charge on any atom is 0.243 e. The van der Waals surface area contributed by atoms with Crippen molar-refractivity contribution in [2.75, 3.05) is 29.0 Å². The van der Waals surface area contributed by atoms with Gasteiger partial charge < -0.3 is 16.0 Å². The van der Waals surface area contributed by atoms with E-state index in [2.05, 4.69) is 10.2 Å². The molecule has 108 valence electrons. The van der Waals surface area contributed by atoms with Crippen LogP contribution in [0, 0.1) is 0 Å². The van der Waals surface area contributed by atoms with Crippen molar-refractivity contribution in [1.29, 1.82) is 0 Å². The van der Waals surface area contributed by atoms with Crippen LogP contribution in [0.15, 0.2) is 48.5 Å². The molecule has 0 spiro atoms. The Morgan fingerprint density at radius 2 is 2.00 bits per heavy atom. The molecule has 1 aliphatic heterocycles. The molecular weight excluding hydrogens is 262 g/mol. The number of nitrogens with two attached hydrogens (primary N) is 1. The van der Waals surface area contributed by atoms with Gasteiger partial charge in [-0.05, 0) is 48.7 Å². The second-order valence-electron chi connectivity index (χ2n) is 5.33. The van der Waals surface area contributed by atoms with Crippen LogP contribution in [0.3, 0.4) is 0 Å². The topological polar surface area (TPSA) is 58.4 Å². The van der Waals surface area contributed by atoms with E-state index in [1.807, 2.05) is 48.5 Å². The number of nitrogens with one attached hydrogen (secondary N) is 1. The van der Waals surface area contributed by atoms with Gasteiger partial charge in [-0.3, -0.25) is 4.79 Å². The molecule has 4 heteroatoms. The molecule has 2 aromatic carbocycles. The number of nitrogen functional groups attached to an aromatic ring is 1. The molecule has 0 aromatic heterocycles. The van der Waals surface area contributed by atoms with Crippen molar-refractivity contribution >= 4 is 23.0 Å². The number of rotatable bonds is 3. The summed E-state index contributed by atoms with van der Waals surface area (Å²) in [5.74, 6) is 0.00544. The Labute approximate surface area is 124 Å². The number of hydrogen-bond acceptors (Lipinski definition) is 3. The minimum atomic E-state index is 0.00544. The fourth-order valence-electron chi connectivity index (χ4n) is 2.75. The highest BCUT2D eigenvalue weighted by atomic mass is 16.2. The highest BCUT2D eigenvalue weighted by Gasteiger charge is 2.19. The zero-order valence-electron chi connectivity index (χ0n) is 11.9. The standard InChI is InChI=1S/C17H19N3O/c18-14-8-9-16-13(11-14)5-4-10-20(16)12-17(21)19-15-6-2-1-3-7-15/h1-3,6-9,11H,4-5,10,12,18H2,(H,19,21). The Hall–Kier alpha value is -2.49. The average molecular weight is 281 g/mol. The lowest BCUT2D eigenvalue weighted by atomic mass is 10.0. The van der Waals surface area contributed by atoms with Gasteiger partial charge in [0.2, 0.25) is 5.91 Å². The number of aryl methyl sites for hydroxylation is 1. The maximum atomic E-state index is 12.2. The second-order valence-corrected chi connectivity index (χ2v) is 5.33. The summed E-state index contributed by atoms with van der Waals surface area (Å²) in [5.41, 5.74) is 9.80. The van der Waals surface area contributed by atoms with Gasteiger partial charge in [0.25, 0.3) is 0 Å². The van der Waals surface area contributed by atoms with E-state index in [9.17, 15) is 4.79 Å². The molecule has 2 aromatic rings. The summed E-state index contributed by atoms with van der Waals surface area (Å²) in [4.78, 5) is 14.3. The van der Waals surface area contributed by atoms with E-state index in [1.165, 1.54) is 5.56 Å². The van der Waals surface area contributed by atoms with E-state index in [4.69, 9.17) is 5.73 Å². The minimum absolute atomic E-state index is 0.00544. The van der Waals surface area contributed by atoms with E-state index >= 15 is 0 Å². The lowest BCUT2D eigenvalue weighted by Crippen LogP contribution is -2.36. The summed E-state index contributed by atoms with van der Waals surface area (Å²) in [7, 11) is 0. The van der Waals surface area contributed by atoms with Gasteiger partial charge in [0, 0.05) is 23.6 Å². The number of benzene rings is 2. The molecule has 0 fully saturated rings. The third-order valence-electron chi connectivity index (χ3n) is 3.71. The van der Waals surface area contributed by atoms with Gasteiger partial charge >= 0.3 is 0 Å². The van der Waals surface area contributed by atoms with Crippen molar-refractivity contribution < 1.29 is 4.79 Å². The second kappa shape index (κ2) is 5.87. The van der Waals surface area contributed by atoms with E-state index in [0.29, 0.717) is 6.54 Å². The molecule has 0 radical (unpaired) electrons. The minimum Gasteiger partial charge on any atom is -0.399 e. The Morgan fingerprint density at radius 1 is 1.19 bits per heavy atom. The number of para-hydroxylation sites is 1. The monoisotopic (exact) mass is 281 g/mol. The van der Waals surface area contributed by atoms with E-state index in [-0.39, 0.29) is 5.91 Å². The maximum absolute atomic E-state index is 12.2. The predicted molar refractivity (Wildman–Crippen MR) is 86.5 cm³/mol. The van der Waals surface area contributed by atoms with Crippen LogP contribution in [-0.2, 0) is 11.2 Å². The number of hydrogen-bond donors (Lipinski definition) is 2. The molecule has 1 amide bonds. The molecule has 0 saturated carbocycles. The number of nitrogens with zero attached hydrogens (tertiary/aromatic N) is 1. The van der Waals surface area contributed by atoms with Crippen LogP contribution in [-0.4, -0.2) is 19.0 Å². The quantitative estimate of drug-likeness (QED) is 0.850. The SMILES string of the molecule is Nc1ccc2c(c1)CCCN2CC(=O)Nc1ccccc1. The van der Waals surface area contributed by atoms with E-state index < -0.39 is 0 Å². The first-order valence-electron chi connectivity index (χ1n) is 7.20. The normalized spacial score (nSPS) is 13.6. The van der Waals surface area contributed by atoms with Gasteiger partial charge in [0.1, 0.15) is 0 Å². The highest BCUT2D eigenvalue weighted by Crippen LogP contribution is 2.28. The van der Waals surface area contributed by atoms with Crippen LogP contribution in [0.5, 0.6) is 0 Å². The Bertz CT molecular complexity index is 640. The first-order valence-corrected chi connectivity index (χ1v) is 7.20. The fourth-order valence-corrected chi connectivity index (χ4v) is 2.75. The molecule has 1 heterocycles. The molecule has 3 rings (SSSR count). The number of anilines is 3. The highest BCUT2D eigenvalue weighted by molar-refractivity contribution is 5.94. The number of carbonyl (C=O) groups is 1. The van der Waals surface area contributed by atoms with Crippen molar-refractivity contribution in [1.82, 2.24) is 0 Å². The lowest BCUT2D eigenvalue weighted by molar-refractivity contribution is -0.115. The summed E-state index contributed by atoms with van der Waals surface area (Å²) in [6, 6.07) is 15.5. The van der Waals surface area contributed by atoms with Crippen LogP contribution < -0.4 is 16.0 Å². The third-order valence-corrected chi connectivity index (χ3v) is 3.71. The van der Waals surface area contributed by atoms with Crippen LogP contribution in [0.25, 0.3) is 0 Å². The first-order chi connectivity index (χ1) is 10.2. The van der Waals surface area contributed by atoms with E-state index in [1.54, 1.807) is 0 Å². The average Bonchev–Trinajstić information content (AvgIpc) is 2.48. The molecule has 0 bridgehead atoms. The molecule has 1 aliphatic rings. The van der Waals surface area contributed by atoms with Crippen molar-refractivity contribution in [2.45, 2.75) is 12.8 Å². The predicted octanol–water partition coefficient (Wildman–Crippen LogP) is 2.66. The Balaban J connectivity index is 1.70. The first kappa shape index (κ1) is 13.5. The van der Waals surface area contributed by atoms with Crippen molar-refractivity contribution in [3.63, 3.8) is 0 Å². The van der Waals surface area contributed by atoms with Crippen molar-refractivity contribution in [3.8, 4) is 0 Å². The summed E-state index contributed by atoms with van der Waals surface area (Å²) in [5, 5.41) is 2.93. The van der Waals surface area contributed by atoms with Crippen LogP contribution >= 0.6 is 0 Å². The van der Waals surface area contributed by atoms with Crippen LogP contribution in [0.4, 0.5) is 17.1 Å². The lowest BCUT2D eigenvalue weighted by Gasteiger charge is -2.30. The Kier molecular flexibility index (Phi) is 3.77. The van der Waals surface area contributed by atoms with Gasteiger partial charge in [0.15, 0.2) is 0 Å². The van der Waals surface area contributed by atoms with Crippen molar-refractivity contribution in [2.24, 2.45) is 0 Å². The molecule has 4 nitrogen and oxygen atoms in total.